The molecular formula is C19H24ClN3O4S. The van der Waals surface area contributed by atoms with E-state index in [1.54, 1.807) is 23.1 Å². The van der Waals surface area contributed by atoms with Crippen LogP contribution in [0.15, 0.2) is 29.2 Å². The summed E-state index contributed by atoms with van der Waals surface area (Å²) >= 11 is 6.14. The second kappa shape index (κ2) is 7.00. The monoisotopic (exact) mass is 425 g/mol. The molecule has 0 N–H and O–H groups in total. The van der Waals surface area contributed by atoms with Gasteiger partial charge in [0.25, 0.3) is 0 Å². The number of hydrogen-bond donors (Lipinski definition) is 0. The zero-order valence-electron chi connectivity index (χ0n) is 15.8. The van der Waals surface area contributed by atoms with Gasteiger partial charge in [-0.1, -0.05) is 23.7 Å². The summed E-state index contributed by atoms with van der Waals surface area (Å²) < 4.78 is 27.8. The molecule has 3 aliphatic heterocycles. The van der Waals surface area contributed by atoms with Crippen LogP contribution in [-0.4, -0.2) is 73.6 Å². The van der Waals surface area contributed by atoms with Gasteiger partial charge in [0.2, 0.25) is 21.8 Å². The van der Waals surface area contributed by atoms with Gasteiger partial charge in [-0.3, -0.25) is 9.59 Å². The molecule has 0 bridgehead atoms. The highest BCUT2D eigenvalue weighted by Crippen LogP contribution is 2.46. The number of nitrogens with zero attached hydrogens (tertiary/aromatic N) is 3. The van der Waals surface area contributed by atoms with Crippen LogP contribution < -0.4 is 0 Å². The van der Waals surface area contributed by atoms with Gasteiger partial charge in [-0.2, -0.15) is 4.31 Å². The average molecular weight is 426 g/mol. The van der Waals surface area contributed by atoms with E-state index < -0.39 is 15.4 Å². The molecular weight excluding hydrogens is 402 g/mol. The van der Waals surface area contributed by atoms with E-state index in [0.717, 1.165) is 12.8 Å². The smallest absolute Gasteiger partial charge is 0.244 e. The zero-order chi connectivity index (χ0) is 20.1. The topological polar surface area (TPSA) is 78.0 Å². The molecule has 3 saturated heterocycles. The first-order valence-electron chi connectivity index (χ1n) is 9.55. The number of rotatable bonds is 3. The van der Waals surface area contributed by atoms with Gasteiger partial charge < -0.3 is 9.80 Å². The van der Waals surface area contributed by atoms with Gasteiger partial charge in [0, 0.05) is 52.1 Å². The van der Waals surface area contributed by atoms with Gasteiger partial charge in [0.05, 0.1) is 10.4 Å². The molecule has 0 unspecified atom stereocenters. The molecule has 3 fully saturated rings. The Balaban J connectivity index is 1.68. The van der Waals surface area contributed by atoms with Crippen molar-refractivity contribution in [3.63, 3.8) is 0 Å². The predicted octanol–water partition coefficient (Wildman–Crippen LogP) is 1.43. The maximum Gasteiger partial charge on any atom is 0.244 e. The highest BCUT2D eigenvalue weighted by atomic mass is 35.5. The molecule has 1 aromatic rings. The summed E-state index contributed by atoms with van der Waals surface area (Å²) in [6.07, 6.45) is 1.93. The van der Waals surface area contributed by atoms with Crippen molar-refractivity contribution in [3.05, 3.63) is 29.3 Å². The molecule has 7 nitrogen and oxygen atoms in total. The first-order valence-corrected chi connectivity index (χ1v) is 11.4. The number of likely N-dealkylation sites (tertiary alicyclic amines) is 2. The molecule has 3 aliphatic rings. The number of hydrogen-bond acceptors (Lipinski definition) is 4. The van der Waals surface area contributed by atoms with Crippen molar-refractivity contribution in [3.8, 4) is 0 Å². The lowest BCUT2D eigenvalue weighted by molar-refractivity contribution is -0.141. The third-order valence-corrected chi connectivity index (χ3v) is 8.61. The second-order valence-electron chi connectivity index (χ2n) is 7.98. The van der Waals surface area contributed by atoms with Gasteiger partial charge in [-0.25, -0.2) is 8.42 Å². The Labute approximate surface area is 170 Å². The minimum atomic E-state index is -3.82. The highest BCUT2D eigenvalue weighted by Gasteiger charge is 2.61. The minimum absolute atomic E-state index is 0.0180. The largest absolute Gasteiger partial charge is 0.342 e. The molecule has 0 saturated carbocycles. The standard InChI is InChI=1S/C19H24ClN3O4S/c1-14(24)22-10-15-11-23(28(26,27)17-7-3-2-6-16(17)20)13-19(15,12-22)18(25)21-8-4-5-9-21/h2-3,6-7,15H,4-5,8-13H2,1H3/t15-,19-/m0/s1. The van der Waals surface area contributed by atoms with E-state index in [1.807, 2.05) is 4.90 Å². The molecule has 28 heavy (non-hydrogen) atoms. The predicted molar refractivity (Wildman–Crippen MR) is 104 cm³/mol. The molecule has 2 amide bonds. The number of carbonyl (C=O) groups is 2. The molecule has 4 rings (SSSR count). The Kier molecular flexibility index (Phi) is 4.92. The fourth-order valence-corrected chi connectivity index (χ4v) is 6.82. The van der Waals surface area contributed by atoms with Crippen molar-refractivity contribution >= 4 is 33.4 Å². The molecule has 0 spiro atoms. The lowest BCUT2D eigenvalue weighted by atomic mass is 9.79. The van der Waals surface area contributed by atoms with Crippen LogP contribution in [0.5, 0.6) is 0 Å². The maximum absolute atomic E-state index is 13.4. The summed E-state index contributed by atoms with van der Waals surface area (Å²) in [5, 5.41) is 0.171. The van der Waals surface area contributed by atoms with E-state index >= 15 is 0 Å². The molecule has 2 atom stereocenters. The number of benzene rings is 1. The van der Waals surface area contributed by atoms with Crippen LogP contribution in [0.2, 0.25) is 5.02 Å². The fourth-order valence-electron chi connectivity index (χ4n) is 4.77. The summed E-state index contributed by atoms with van der Waals surface area (Å²) in [5.74, 6) is -0.305. The molecule has 0 aromatic heterocycles. The lowest BCUT2D eigenvalue weighted by Gasteiger charge is -2.32. The van der Waals surface area contributed by atoms with Crippen molar-refractivity contribution in [2.24, 2.45) is 11.3 Å². The molecule has 0 aliphatic carbocycles. The molecule has 3 heterocycles. The van der Waals surface area contributed by atoms with E-state index in [-0.39, 0.29) is 47.3 Å². The normalized spacial score (nSPS) is 28.0. The summed E-state index contributed by atoms with van der Waals surface area (Å²) in [6.45, 7) is 3.88. The summed E-state index contributed by atoms with van der Waals surface area (Å²) in [4.78, 5) is 29.0. The lowest BCUT2D eigenvalue weighted by Crippen LogP contribution is -2.49. The zero-order valence-corrected chi connectivity index (χ0v) is 17.4. The van der Waals surface area contributed by atoms with Crippen molar-refractivity contribution in [1.29, 1.82) is 0 Å². The molecule has 1 aromatic carbocycles. The Morgan fingerprint density at radius 2 is 1.75 bits per heavy atom. The van der Waals surface area contributed by atoms with Crippen LogP contribution in [0.1, 0.15) is 19.8 Å². The number of amides is 2. The average Bonchev–Trinajstić information content (AvgIpc) is 3.36. The van der Waals surface area contributed by atoms with E-state index in [2.05, 4.69) is 0 Å². The van der Waals surface area contributed by atoms with Crippen LogP contribution in [0, 0.1) is 11.3 Å². The van der Waals surface area contributed by atoms with Crippen LogP contribution in [0.25, 0.3) is 0 Å². The van der Waals surface area contributed by atoms with Crippen LogP contribution in [0.3, 0.4) is 0 Å². The highest BCUT2D eigenvalue weighted by molar-refractivity contribution is 7.89. The Morgan fingerprint density at radius 1 is 1.07 bits per heavy atom. The van der Waals surface area contributed by atoms with E-state index in [4.69, 9.17) is 11.6 Å². The van der Waals surface area contributed by atoms with Crippen molar-refractivity contribution in [2.45, 2.75) is 24.7 Å². The van der Waals surface area contributed by atoms with E-state index in [1.165, 1.54) is 17.3 Å². The van der Waals surface area contributed by atoms with Gasteiger partial charge in [-0.05, 0) is 25.0 Å². The van der Waals surface area contributed by atoms with E-state index in [9.17, 15) is 18.0 Å². The van der Waals surface area contributed by atoms with Gasteiger partial charge in [-0.15, -0.1) is 0 Å². The summed E-state index contributed by atoms with van der Waals surface area (Å²) in [5.41, 5.74) is -0.871. The molecule has 9 heteroatoms. The Hall–Kier alpha value is -1.64. The summed E-state index contributed by atoms with van der Waals surface area (Å²) in [7, 11) is -3.82. The minimum Gasteiger partial charge on any atom is -0.342 e. The number of fused-ring (bicyclic) bond motifs is 1. The van der Waals surface area contributed by atoms with Crippen molar-refractivity contribution in [2.75, 3.05) is 39.3 Å². The molecule has 0 radical (unpaired) electrons. The first kappa shape index (κ1) is 19.7. The van der Waals surface area contributed by atoms with Crippen LogP contribution in [0.4, 0.5) is 0 Å². The van der Waals surface area contributed by atoms with Crippen molar-refractivity contribution in [1.82, 2.24) is 14.1 Å². The second-order valence-corrected chi connectivity index (χ2v) is 10.3. The van der Waals surface area contributed by atoms with Crippen LogP contribution >= 0.6 is 11.6 Å². The number of sulfonamides is 1. The fraction of sp³-hybridized carbons (Fsp3) is 0.579. The van der Waals surface area contributed by atoms with Gasteiger partial charge in [0.15, 0.2) is 0 Å². The Morgan fingerprint density at radius 3 is 2.39 bits per heavy atom. The van der Waals surface area contributed by atoms with Gasteiger partial charge >= 0.3 is 0 Å². The third-order valence-electron chi connectivity index (χ3n) is 6.30. The van der Waals surface area contributed by atoms with Gasteiger partial charge in [0.1, 0.15) is 4.90 Å². The quantitative estimate of drug-likeness (QED) is 0.734. The van der Waals surface area contributed by atoms with Crippen LogP contribution in [-0.2, 0) is 19.6 Å². The maximum atomic E-state index is 13.4. The Bertz CT molecular complexity index is 916. The first-order chi connectivity index (χ1) is 13.3. The number of carbonyl (C=O) groups excluding carboxylic acids is 2. The van der Waals surface area contributed by atoms with Crippen molar-refractivity contribution < 1.29 is 18.0 Å². The number of halogens is 1. The molecule has 152 valence electrons. The third kappa shape index (κ3) is 3.02. The SMILES string of the molecule is CC(=O)N1C[C@H]2CN(S(=O)(=O)c3ccccc3Cl)C[C@@]2(C(=O)N2CCCC2)C1. The summed E-state index contributed by atoms with van der Waals surface area (Å²) in [6, 6.07) is 6.36. The van der Waals surface area contributed by atoms with E-state index in [0.29, 0.717) is 19.6 Å².